The van der Waals surface area contributed by atoms with Gasteiger partial charge in [0.2, 0.25) is 5.91 Å². The second-order valence-electron chi connectivity index (χ2n) is 6.92. The highest BCUT2D eigenvalue weighted by Gasteiger charge is 2.30. The molecule has 1 aliphatic rings. The van der Waals surface area contributed by atoms with Crippen molar-refractivity contribution in [2.45, 2.75) is 24.9 Å². The molecule has 1 heterocycles. The number of likely N-dealkylation sites (N-methyl/N-ethyl adjacent to an activating group) is 1. The number of rotatable bonds is 6. The van der Waals surface area contributed by atoms with Crippen LogP contribution in [0, 0.1) is 0 Å². The third-order valence-corrected chi connectivity index (χ3v) is 4.77. The first-order valence-corrected chi connectivity index (χ1v) is 9.20. The number of carbonyl (C=O) groups excluding carboxylic acids is 1. The maximum Gasteiger partial charge on any atom is 0.242 e. The van der Waals surface area contributed by atoms with E-state index in [4.69, 9.17) is 11.6 Å². The minimum atomic E-state index is -0.285. The summed E-state index contributed by atoms with van der Waals surface area (Å²) in [5.74, 6) is -0.0388. The van der Waals surface area contributed by atoms with Gasteiger partial charge >= 0.3 is 0 Å². The lowest BCUT2D eigenvalue weighted by Crippen LogP contribution is -2.39. The van der Waals surface area contributed by atoms with E-state index in [9.17, 15) is 4.79 Å². The first kappa shape index (κ1) is 18.9. The second-order valence-corrected chi connectivity index (χ2v) is 7.36. The van der Waals surface area contributed by atoms with Gasteiger partial charge in [0.25, 0.3) is 0 Å². The van der Waals surface area contributed by atoms with Gasteiger partial charge in [-0.1, -0.05) is 35.9 Å². The fourth-order valence-electron chi connectivity index (χ4n) is 3.01. The first-order chi connectivity index (χ1) is 12.5. The molecule has 1 amide bonds. The van der Waals surface area contributed by atoms with E-state index >= 15 is 0 Å². The number of carbonyl (C=O) groups is 1. The van der Waals surface area contributed by atoms with E-state index in [1.807, 2.05) is 36.4 Å². The molecule has 1 fully saturated rings. The maximum atomic E-state index is 12.5. The van der Waals surface area contributed by atoms with Crippen molar-refractivity contribution in [3.63, 3.8) is 0 Å². The standard InChI is InChI=1S/C20H25ClN4O/c1-25(2)11-10-14-6-8-17(9-7-14)22-20(26)19-13-18(23-24-19)15-4-3-5-16(21)12-15/h3-9,12,18-19,23-24H,10-11,13H2,1-2H3,(H,22,26). The van der Waals surface area contributed by atoms with Crippen molar-refractivity contribution in [3.8, 4) is 0 Å². The Hall–Kier alpha value is -1.92. The average molecular weight is 373 g/mol. The Morgan fingerprint density at radius 3 is 2.65 bits per heavy atom. The molecule has 5 nitrogen and oxygen atoms in total. The number of hydrogen-bond acceptors (Lipinski definition) is 4. The van der Waals surface area contributed by atoms with E-state index in [0.717, 1.165) is 24.2 Å². The minimum Gasteiger partial charge on any atom is -0.325 e. The van der Waals surface area contributed by atoms with Crippen LogP contribution < -0.4 is 16.2 Å². The molecule has 26 heavy (non-hydrogen) atoms. The Morgan fingerprint density at radius 2 is 1.96 bits per heavy atom. The van der Waals surface area contributed by atoms with Gasteiger partial charge < -0.3 is 10.2 Å². The fraction of sp³-hybridized carbons (Fsp3) is 0.350. The summed E-state index contributed by atoms with van der Waals surface area (Å²) in [5.41, 5.74) is 9.41. The van der Waals surface area contributed by atoms with Gasteiger partial charge in [0.05, 0.1) is 0 Å². The van der Waals surface area contributed by atoms with Crippen molar-refractivity contribution < 1.29 is 4.79 Å². The van der Waals surface area contributed by atoms with E-state index in [2.05, 4.69) is 47.3 Å². The lowest BCUT2D eigenvalue weighted by atomic mass is 10.0. The SMILES string of the molecule is CN(C)CCc1ccc(NC(=O)C2CC(c3cccc(Cl)c3)NN2)cc1. The van der Waals surface area contributed by atoms with Crippen LogP contribution in [0.4, 0.5) is 5.69 Å². The summed E-state index contributed by atoms with van der Waals surface area (Å²) in [6.45, 7) is 1.01. The van der Waals surface area contributed by atoms with Gasteiger partial charge in [-0.15, -0.1) is 0 Å². The third-order valence-electron chi connectivity index (χ3n) is 4.54. The first-order valence-electron chi connectivity index (χ1n) is 8.82. The minimum absolute atomic E-state index is 0.0388. The van der Waals surface area contributed by atoms with E-state index < -0.39 is 0 Å². The summed E-state index contributed by atoms with van der Waals surface area (Å²) in [6, 6.07) is 15.5. The molecule has 0 aromatic heterocycles. The number of hydrogen-bond donors (Lipinski definition) is 3. The molecule has 2 atom stereocenters. The molecule has 2 unspecified atom stereocenters. The predicted molar refractivity (Wildman–Crippen MR) is 106 cm³/mol. The number of hydrazine groups is 1. The lowest BCUT2D eigenvalue weighted by molar-refractivity contribution is -0.117. The highest BCUT2D eigenvalue weighted by atomic mass is 35.5. The number of amides is 1. The summed E-state index contributed by atoms with van der Waals surface area (Å²) in [4.78, 5) is 14.7. The van der Waals surface area contributed by atoms with Gasteiger partial charge in [0, 0.05) is 23.3 Å². The van der Waals surface area contributed by atoms with Crippen molar-refractivity contribution >= 4 is 23.2 Å². The molecule has 0 bridgehead atoms. The Labute approximate surface area is 159 Å². The zero-order chi connectivity index (χ0) is 18.5. The zero-order valence-corrected chi connectivity index (χ0v) is 15.9. The number of benzene rings is 2. The molecule has 6 heteroatoms. The van der Waals surface area contributed by atoms with Crippen LogP contribution in [0.2, 0.25) is 5.02 Å². The summed E-state index contributed by atoms with van der Waals surface area (Å²) in [6.07, 6.45) is 1.67. The van der Waals surface area contributed by atoms with Gasteiger partial charge in [0.1, 0.15) is 6.04 Å². The van der Waals surface area contributed by atoms with Crippen LogP contribution in [0.15, 0.2) is 48.5 Å². The van der Waals surface area contributed by atoms with E-state index in [-0.39, 0.29) is 18.0 Å². The van der Waals surface area contributed by atoms with Gasteiger partial charge in [-0.3, -0.25) is 4.79 Å². The van der Waals surface area contributed by atoms with Crippen LogP contribution in [0.1, 0.15) is 23.6 Å². The molecule has 138 valence electrons. The molecular formula is C20H25ClN4O. The van der Waals surface area contributed by atoms with E-state index in [0.29, 0.717) is 11.4 Å². The molecule has 3 rings (SSSR count). The molecule has 0 aliphatic carbocycles. The highest BCUT2D eigenvalue weighted by molar-refractivity contribution is 6.30. The van der Waals surface area contributed by atoms with Gasteiger partial charge in [-0.2, -0.15) is 0 Å². The third kappa shape index (κ3) is 5.05. The van der Waals surface area contributed by atoms with Gasteiger partial charge in [-0.05, 0) is 62.3 Å². The van der Waals surface area contributed by atoms with Crippen LogP contribution in [-0.4, -0.2) is 37.5 Å². The Balaban J connectivity index is 1.54. The quantitative estimate of drug-likeness (QED) is 0.729. The fourth-order valence-corrected chi connectivity index (χ4v) is 3.21. The smallest absolute Gasteiger partial charge is 0.242 e. The monoisotopic (exact) mass is 372 g/mol. The molecule has 2 aromatic carbocycles. The number of nitrogens with one attached hydrogen (secondary N) is 3. The topological polar surface area (TPSA) is 56.4 Å². The van der Waals surface area contributed by atoms with Crippen molar-refractivity contribution in [1.82, 2.24) is 15.8 Å². The molecule has 1 aliphatic heterocycles. The van der Waals surface area contributed by atoms with Crippen LogP contribution >= 0.6 is 11.6 Å². The molecule has 0 spiro atoms. The number of anilines is 1. The maximum absolute atomic E-state index is 12.5. The highest BCUT2D eigenvalue weighted by Crippen LogP contribution is 2.25. The summed E-state index contributed by atoms with van der Waals surface area (Å²) in [5, 5.41) is 3.68. The molecule has 0 radical (unpaired) electrons. The van der Waals surface area contributed by atoms with Crippen molar-refractivity contribution in [1.29, 1.82) is 0 Å². The van der Waals surface area contributed by atoms with Crippen LogP contribution in [0.5, 0.6) is 0 Å². The summed E-state index contributed by atoms with van der Waals surface area (Å²) < 4.78 is 0. The average Bonchev–Trinajstić information content (AvgIpc) is 3.11. The Bertz CT molecular complexity index is 748. The summed E-state index contributed by atoms with van der Waals surface area (Å²) >= 11 is 6.05. The van der Waals surface area contributed by atoms with E-state index in [1.165, 1.54) is 5.56 Å². The molecule has 3 N–H and O–H groups in total. The number of halogens is 1. The zero-order valence-electron chi connectivity index (χ0n) is 15.1. The van der Waals surface area contributed by atoms with Gasteiger partial charge in [-0.25, -0.2) is 10.9 Å². The second kappa shape index (κ2) is 8.64. The van der Waals surface area contributed by atoms with Gasteiger partial charge in [0.15, 0.2) is 0 Å². The summed E-state index contributed by atoms with van der Waals surface area (Å²) in [7, 11) is 4.13. The van der Waals surface area contributed by atoms with Crippen LogP contribution in [-0.2, 0) is 11.2 Å². The van der Waals surface area contributed by atoms with Crippen LogP contribution in [0.3, 0.4) is 0 Å². The molecule has 2 aromatic rings. The molecule has 1 saturated heterocycles. The van der Waals surface area contributed by atoms with Crippen molar-refractivity contribution in [2.75, 3.05) is 26.0 Å². The molecule has 0 saturated carbocycles. The Kier molecular flexibility index (Phi) is 6.27. The normalized spacial score (nSPS) is 19.7. The van der Waals surface area contributed by atoms with Crippen LogP contribution in [0.25, 0.3) is 0 Å². The molecular weight excluding hydrogens is 348 g/mol. The van der Waals surface area contributed by atoms with Crippen molar-refractivity contribution in [3.05, 3.63) is 64.7 Å². The van der Waals surface area contributed by atoms with Crippen molar-refractivity contribution in [2.24, 2.45) is 0 Å². The van der Waals surface area contributed by atoms with E-state index in [1.54, 1.807) is 0 Å². The largest absolute Gasteiger partial charge is 0.325 e. The predicted octanol–water partition coefficient (Wildman–Crippen LogP) is 2.99. The Morgan fingerprint density at radius 1 is 1.19 bits per heavy atom. The number of nitrogens with zero attached hydrogens (tertiary/aromatic N) is 1. The lowest BCUT2D eigenvalue weighted by Gasteiger charge is -2.12.